The van der Waals surface area contributed by atoms with Gasteiger partial charge in [0.05, 0.1) is 15.8 Å². The van der Waals surface area contributed by atoms with E-state index in [1.165, 1.54) is 0 Å². The van der Waals surface area contributed by atoms with Gasteiger partial charge in [-0.2, -0.15) is 4.31 Å². The van der Waals surface area contributed by atoms with Gasteiger partial charge < -0.3 is 4.42 Å². The van der Waals surface area contributed by atoms with Crippen LogP contribution in [0.25, 0.3) is 0 Å². The van der Waals surface area contributed by atoms with Gasteiger partial charge >= 0.3 is 0 Å². The quantitative estimate of drug-likeness (QED) is 0.830. The lowest BCUT2D eigenvalue weighted by atomic mass is 10.2. The van der Waals surface area contributed by atoms with Crippen molar-refractivity contribution in [2.45, 2.75) is 15.9 Å². The molecule has 0 unspecified atom stereocenters. The van der Waals surface area contributed by atoms with E-state index in [1.54, 1.807) is 34.5 Å². The van der Waals surface area contributed by atoms with Gasteiger partial charge in [-0.15, -0.1) is 23.1 Å². The van der Waals surface area contributed by atoms with E-state index in [1.807, 2.05) is 12.1 Å². The molecule has 1 fully saturated rings. The molecule has 0 aromatic carbocycles. The summed E-state index contributed by atoms with van der Waals surface area (Å²) in [5, 5.41) is 0.215. The average molecular weight is 364 g/mol. The summed E-state index contributed by atoms with van der Waals surface area (Å²) in [6, 6.07) is 7.01. The molecule has 114 valence electrons. The molecule has 3 heterocycles. The fourth-order valence-electron chi connectivity index (χ4n) is 2.26. The van der Waals surface area contributed by atoms with E-state index in [9.17, 15) is 8.42 Å². The Morgan fingerprint density at radius 1 is 1.29 bits per heavy atom. The van der Waals surface area contributed by atoms with Crippen LogP contribution in [0.5, 0.6) is 0 Å². The maximum absolute atomic E-state index is 12.6. The van der Waals surface area contributed by atoms with Gasteiger partial charge in [0, 0.05) is 18.8 Å². The van der Waals surface area contributed by atoms with Crippen LogP contribution in [0.3, 0.4) is 0 Å². The topological polar surface area (TPSA) is 50.5 Å². The van der Waals surface area contributed by atoms with Gasteiger partial charge in [0.2, 0.25) is 0 Å². The molecule has 1 atom stereocenters. The minimum absolute atomic E-state index is 0.215. The molecule has 0 aliphatic carbocycles. The second kappa shape index (κ2) is 6.34. The highest BCUT2D eigenvalue weighted by molar-refractivity contribution is 7.99. The summed E-state index contributed by atoms with van der Waals surface area (Å²) >= 11 is 8.69. The third-order valence-corrected chi connectivity index (χ3v) is 8.19. The van der Waals surface area contributed by atoms with Crippen molar-refractivity contribution in [2.75, 3.05) is 18.8 Å². The summed E-state index contributed by atoms with van der Waals surface area (Å²) in [5.41, 5.74) is 0. The van der Waals surface area contributed by atoms with Crippen LogP contribution in [0.4, 0.5) is 0 Å². The van der Waals surface area contributed by atoms with E-state index in [-0.39, 0.29) is 5.25 Å². The molecule has 21 heavy (non-hydrogen) atoms. The molecule has 4 nitrogen and oxygen atoms in total. The predicted octanol–water partition coefficient (Wildman–Crippen LogP) is 3.86. The van der Waals surface area contributed by atoms with Gasteiger partial charge in [-0.1, -0.05) is 11.6 Å². The Morgan fingerprint density at radius 2 is 2.14 bits per heavy atom. The van der Waals surface area contributed by atoms with E-state index >= 15 is 0 Å². The lowest BCUT2D eigenvalue weighted by Crippen LogP contribution is -2.32. The van der Waals surface area contributed by atoms with E-state index < -0.39 is 10.0 Å². The molecule has 3 rings (SSSR count). The maximum Gasteiger partial charge on any atom is 0.252 e. The van der Waals surface area contributed by atoms with Crippen molar-refractivity contribution in [3.8, 4) is 0 Å². The first-order chi connectivity index (χ1) is 10.1. The second-order valence-electron chi connectivity index (χ2n) is 4.63. The second-order valence-corrected chi connectivity index (χ2v) is 9.82. The average Bonchev–Trinajstić information content (AvgIpc) is 3.06. The molecule has 2 aromatic heterocycles. The maximum atomic E-state index is 12.6. The minimum atomic E-state index is -3.43. The van der Waals surface area contributed by atoms with E-state index in [0.29, 0.717) is 21.6 Å². The molecule has 1 aliphatic heterocycles. The molecule has 1 saturated heterocycles. The molecule has 2 aromatic rings. The van der Waals surface area contributed by atoms with Gasteiger partial charge in [-0.25, -0.2) is 8.42 Å². The molecule has 0 saturated carbocycles. The van der Waals surface area contributed by atoms with Crippen LogP contribution in [0.1, 0.15) is 17.4 Å². The van der Waals surface area contributed by atoms with Crippen molar-refractivity contribution in [1.29, 1.82) is 0 Å². The third kappa shape index (κ3) is 3.32. The van der Waals surface area contributed by atoms with Crippen molar-refractivity contribution in [3.63, 3.8) is 0 Å². The molecule has 0 radical (unpaired) electrons. The summed E-state index contributed by atoms with van der Waals surface area (Å²) in [6.07, 6.45) is 2.40. The van der Waals surface area contributed by atoms with Crippen LogP contribution in [0.2, 0.25) is 4.34 Å². The fourth-order valence-corrected chi connectivity index (χ4v) is 6.64. The zero-order chi connectivity index (χ0) is 14.9. The largest absolute Gasteiger partial charge is 0.468 e. The Labute approximate surface area is 137 Å². The normalized spacial score (nSPS) is 21.3. The number of thioether (sulfide) groups is 1. The monoisotopic (exact) mass is 363 g/mol. The first-order valence-corrected chi connectivity index (χ1v) is 10.2. The zero-order valence-electron chi connectivity index (χ0n) is 11.1. The van der Waals surface area contributed by atoms with E-state index in [4.69, 9.17) is 16.0 Å². The van der Waals surface area contributed by atoms with Gasteiger partial charge in [0.25, 0.3) is 10.0 Å². The molecular weight excluding hydrogens is 350 g/mol. The van der Waals surface area contributed by atoms with Crippen LogP contribution >= 0.6 is 34.7 Å². The number of halogens is 1. The lowest BCUT2D eigenvalue weighted by molar-refractivity contribution is 0.418. The van der Waals surface area contributed by atoms with Crippen molar-refractivity contribution in [3.05, 3.63) is 40.6 Å². The Balaban J connectivity index is 1.75. The molecule has 0 spiro atoms. The number of nitrogens with zero attached hydrogens (tertiary/aromatic N) is 1. The molecule has 0 N–H and O–H groups in total. The molecule has 1 aliphatic rings. The Kier molecular flexibility index (Phi) is 4.66. The molecule has 8 heteroatoms. The van der Waals surface area contributed by atoms with Gasteiger partial charge in [0.15, 0.2) is 0 Å². The summed E-state index contributed by atoms with van der Waals surface area (Å²) in [7, 11) is -3.43. The first kappa shape index (κ1) is 15.4. The summed E-state index contributed by atoms with van der Waals surface area (Å²) in [6.45, 7) is 1.01. The van der Waals surface area contributed by atoms with E-state index in [2.05, 4.69) is 0 Å². The molecule has 0 bridgehead atoms. The number of hydrogen-bond acceptors (Lipinski definition) is 5. The van der Waals surface area contributed by atoms with Crippen LogP contribution in [-0.2, 0) is 10.0 Å². The molecular formula is C13H14ClNO3S3. The number of sulfonamides is 1. The van der Waals surface area contributed by atoms with Gasteiger partial charge in [-0.3, -0.25) is 0 Å². The first-order valence-electron chi connectivity index (χ1n) is 6.48. The standard InChI is InChI=1S/C13H14ClNO3S3/c14-12-3-4-13(20-12)21(16,17)15-6-5-11(19-9-7-15)10-2-1-8-18-10/h1-4,8,11H,5-7,9H2/t11-/m0/s1. The lowest BCUT2D eigenvalue weighted by Gasteiger charge is -2.18. The number of hydrogen-bond donors (Lipinski definition) is 0. The Morgan fingerprint density at radius 3 is 2.81 bits per heavy atom. The van der Waals surface area contributed by atoms with Crippen molar-refractivity contribution >= 4 is 44.7 Å². The van der Waals surface area contributed by atoms with E-state index in [0.717, 1.165) is 29.3 Å². The number of thiophene rings is 1. The Bertz CT molecular complexity index is 696. The number of rotatable bonds is 3. The van der Waals surface area contributed by atoms with Gasteiger partial charge in [-0.05, 0) is 30.7 Å². The summed E-state index contributed by atoms with van der Waals surface area (Å²) in [5.74, 6) is 1.67. The van der Waals surface area contributed by atoms with Crippen molar-refractivity contribution in [2.24, 2.45) is 0 Å². The van der Waals surface area contributed by atoms with Crippen LogP contribution in [0.15, 0.2) is 39.2 Å². The highest BCUT2D eigenvalue weighted by atomic mass is 35.5. The fraction of sp³-hybridized carbons (Fsp3) is 0.385. The summed E-state index contributed by atoms with van der Waals surface area (Å²) in [4.78, 5) is 0. The minimum Gasteiger partial charge on any atom is -0.468 e. The SMILES string of the molecule is O=S(=O)(c1ccc(Cl)s1)N1CCS[C@H](c2ccco2)CC1. The third-order valence-electron chi connectivity index (χ3n) is 3.30. The molecule has 0 amide bonds. The number of furan rings is 1. The Hall–Kier alpha value is -0.470. The van der Waals surface area contributed by atoms with Crippen LogP contribution < -0.4 is 0 Å². The van der Waals surface area contributed by atoms with Crippen molar-refractivity contribution < 1.29 is 12.8 Å². The summed E-state index contributed by atoms with van der Waals surface area (Å²) < 4.78 is 33.0. The smallest absolute Gasteiger partial charge is 0.252 e. The van der Waals surface area contributed by atoms with Crippen LogP contribution in [-0.4, -0.2) is 31.6 Å². The predicted molar refractivity (Wildman–Crippen MR) is 86.6 cm³/mol. The van der Waals surface area contributed by atoms with Crippen molar-refractivity contribution in [1.82, 2.24) is 4.31 Å². The highest BCUT2D eigenvalue weighted by Gasteiger charge is 2.30. The van der Waals surface area contributed by atoms with Crippen LogP contribution in [0, 0.1) is 0 Å². The van der Waals surface area contributed by atoms with Gasteiger partial charge in [0.1, 0.15) is 9.97 Å². The zero-order valence-corrected chi connectivity index (χ0v) is 14.3. The highest BCUT2D eigenvalue weighted by Crippen LogP contribution is 2.36.